The Labute approximate surface area is 149 Å². The molecule has 1 unspecified atom stereocenters. The lowest BCUT2D eigenvalue weighted by Crippen LogP contribution is -2.38. The van der Waals surface area contributed by atoms with E-state index in [0.717, 1.165) is 11.1 Å². The minimum absolute atomic E-state index is 0.0375. The first-order valence-electron chi connectivity index (χ1n) is 7.98. The summed E-state index contributed by atoms with van der Waals surface area (Å²) in [4.78, 5) is 13.9. The Bertz CT molecular complexity index is 629. The number of carbonyl (C=O) groups is 1. The largest absolute Gasteiger partial charge is 0.479 e. The zero-order valence-corrected chi connectivity index (χ0v) is 15.5. The van der Waals surface area contributed by atoms with Gasteiger partial charge in [0.1, 0.15) is 11.4 Å². The molecule has 1 aromatic carbocycles. The molecule has 1 aromatic rings. The van der Waals surface area contributed by atoms with E-state index >= 15 is 0 Å². The van der Waals surface area contributed by atoms with E-state index in [1.54, 1.807) is 17.0 Å². The molecule has 0 bridgehead atoms. The molecular formula is C17H22F3NO3S. The number of halogens is 3. The number of amides is 1. The van der Waals surface area contributed by atoms with Gasteiger partial charge in [-0.1, -0.05) is 13.0 Å². The normalized spacial score (nSPS) is 18.4. The van der Waals surface area contributed by atoms with Gasteiger partial charge in [-0.05, 0) is 56.4 Å². The van der Waals surface area contributed by atoms with Crippen molar-refractivity contribution in [3.8, 4) is 5.75 Å². The Hall–Kier alpha value is -1.57. The number of fused-ring (bicyclic) bond motifs is 1. The van der Waals surface area contributed by atoms with Gasteiger partial charge in [0, 0.05) is 13.1 Å². The topological polar surface area (TPSA) is 38.8 Å². The van der Waals surface area contributed by atoms with Crippen molar-refractivity contribution in [3.05, 3.63) is 29.3 Å². The smallest absolute Gasteiger partial charge is 0.444 e. The number of hydrogen-bond acceptors (Lipinski definition) is 4. The highest BCUT2D eigenvalue weighted by Gasteiger charge is 2.32. The highest BCUT2D eigenvalue weighted by molar-refractivity contribution is 7.95. The predicted molar refractivity (Wildman–Crippen MR) is 90.6 cm³/mol. The molecule has 1 aliphatic heterocycles. The fourth-order valence-corrected chi connectivity index (χ4v) is 2.97. The molecule has 0 saturated heterocycles. The summed E-state index contributed by atoms with van der Waals surface area (Å²) in [6.07, 6.45) is 0.238. The van der Waals surface area contributed by atoms with Crippen LogP contribution < -0.4 is 4.18 Å². The Kier molecular flexibility index (Phi) is 5.81. The SMILES string of the molecule is CC1CN(C(=O)OC(C)(C)C)CCc2ccc(OSC(F)(F)F)cc21. The van der Waals surface area contributed by atoms with Gasteiger partial charge in [-0.2, -0.15) is 13.2 Å². The first kappa shape index (κ1) is 19.8. The van der Waals surface area contributed by atoms with Gasteiger partial charge >= 0.3 is 11.6 Å². The standard InChI is InChI=1S/C17H22F3NO3S/c1-11-10-21(15(22)23-16(2,3)4)8-7-12-5-6-13(9-14(11)12)24-25-17(18,19)20/h5-6,9,11H,7-8,10H2,1-4H3. The van der Waals surface area contributed by atoms with Crippen LogP contribution in [-0.2, 0) is 11.2 Å². The molecule has 0 saturated carbocycles. The second-order valence-electron chi connectivity index (χ2n) is 7.05. The first-order chi connectivity index (χ1) is 11.4. The van der Waals surface area contributed by atoms with Gasteiger partial charge in [-0.3, -0.25) is 0 Å². The highest BCUT2D eigenvalue weighted by Crippen LogP contribution is 2.35. The van der Waals surface area contributed by atoms with Gasteiger partial charge in [0.2, 0.25) is 0 Å². The van der Waals surface area contributed by atoms with Crippen molar-refractivity contribution < 1.29 is 26.9 Å². The Balaban J connectivity index is 2.11. The van der Waals surface area contributed by atoms with E-state index in [0.29, 0.717) is 19.5 Å². The molecule has 0 fully saturated rings. The number of carbonyl (C=O) groups excluding carboxylic acids is 1. The van der Waals surface area contributed by atoms with E-state index in [1.165, 1.54) is 6.07 Å². The van der Waals surface area contributed by atoms with Crippen LogP contribution in [0.3, 0.4) is 0 Å². The van der Waals surface area contributed by atoms with Crippen LogP contribution in [0.2, 0.25) is 0 Å². The molecule has 4 nitrogen and oxygen atoms in total. The van der Waals surface area contributed by atoms with Crippen molar-refractivity contribution in [1.29, 1.82) is 0 Å². The molecule has 1 atom stereocenters. The first-order valence-corrected chi connectivity index (χ1v) is 8.72. The average molecular weight is 377 g/mol. The summed E-state index contributed by atoms with van der Waals surface area (Å²) in [6.45, 7) is 8.30. The summed E-state index contributed by atoms with van der Waals surface area (Å²) < 4.78 is 47.0. The van der Waals surface area contributed by atoms with E-state index in [1.807, 2.05) is 27.7 Å². The van der Waals surface area contributed by atoms with Gasteiger partial charge in [0.05, 0.1) is 0 Å². The van der Waals surface area contributed by atoms with E-state index < -0.39 is 23.2 Å². The van der Waals surface area contributed by atoms with E-state index in [-0.39, 0.29) is 17.8 Å². The monoisotopic (exact) mass is 377 g/mol. The molecule has 0 aromatic heterocycles. The zero-order valence-electron chi connectivity index (χ0n) is 14.6. The molecule has 2 rings (SSSR count). The third-order valence-corrected chi connectivity index (χ3v) is 4.14. The van der Waals surface area contributed by atoms with Crippen LogP contribution in [0.1, 0.15) is 44.7 Å². The van der Waals surface area contributed by atoms with Gasteiger partial charge in [0.15, 0.2) is 12.0 Å². The molecule has 140 valence electrons. The molecule has 25 heavy (non-hydrogen) atoms. The predicted octanol–water partition coefficient (Wildman–Crippen LogP) is 5.13. The molecule has 1 heterocycles. The fraction of sp³-hybridized carbons (Fsp3) is 0.588. The average Bonchev–Trinajstić information content (AvgIpc) is 2.62. The van der Waals surface area contributed by atoms with Crippen LogP contribution in [0, 0.1) is 0 Å². The van der Waals surface area contributed by atoms with Crippen LogP contribution in [0.15, 0.2) is 18.2 Å². The molecule has 1 amide bonds. The highest BCUT2D eigenvalue weighted by atomic mass is 32.2. The number of rotatable bonds is 2. The van der Waals surface area contributed by atoms with Crippen molar-refractivity contribution >= 4 is 18.1 Å². The van der Waals surface area contributed by atoms with E-state index in [4.69, 9.17) is 8.92 Å². The number of nitrogens with zero attached hydrogens (tertiary/aromatic N) is 1. The lowest BCUT2D eigenvalue weighted by Gasteiger charge is -2.27. The third kappa shape index (κ3) is 6.02. The summed E-state index contributed by atoms with van der Waals surface area (Å²) in [7, 11) is 0. The van der Waals surface area contributed by atoms with Crippen LogP contribution in [0.4, 0.5) is 18.0 Å². The summed E-state index contributed by atoms with van der Waals surface area (Å²) in [5, 5.41) is 0. The maximum Gasteiger partial charge on any atom is 0.479 e. The lowest BCUT2D eigenvalue weighted by molar-refractivity contribution is -0.0369. The van der Waals surface area contributed by atoms with Gasteiger partial charge in [0.25, 0.3) is 0 Å². The van der Waals surface area contributed by atoms with Crippen LogP contribution in [0.5, 0.6) is 5.75 Å². The molecule has 8 heteroatoms. The lowest BCUT2D eigenvalue weighted by atomic mass is 9.95. The second-order valence-corrected chi connectivity index (χ2v) is 7.85. The van der Waals surface area contributed by atoms with Crippen molar-refractivity contribution in [3.63, 3.8) is 0 Å². The molecule has 0 spiro atoms. The molecule has 0 aliphatic carbocycles. The molecular weight excluding hydrogens is 355 g/mol. The van der Waals surface area contributed by atoms with Gasteiger partial charge in [-0.15, -0.1) is 0 Å². The minimum Gasteiger partial charge on any atom is -0.444 e. The molecule has 1 aliphatic rings. The molecule has 0 N–H and O–H groups in total. The maximum absolute atomic E-state index is 12.3. The van der Waals surface area contributed by atoms with Crippen LogP contribution >= 0.6 is 12.0 Å². The van der Waals surface area contributed by atoms with E-state index in [2.05, 4.69) is 0 Å². The fourth-order valence-electron chi connectivity index (χ4n) is 2.67. The van der Waals surface area contributed by atoms with Crippen LogP contribution in [0.25, 0.3) is 0 Å². The summed E-state index contributed by atoms with van der Waals surface area (Å²) in [6, 6.07) is 4.90. The zero-order chi connectivity index (χ0) is 18.8. The van der Waals surface area contributed by atoms with Crippen molar-refractivity contribution in [2.24, 2.45) is 0 Å². The third-order valence-electron chi connectivity index (χ3n) is 3.68. The minimum atomic E-state index is -4.45. The second kappa shape index (κ2) is 7.35. The van der Waals surface area contributed by atoms with Crippen LogP contribution in [-0.4, -0.2) is 35.2 Å². The summed E-state index contributed by atoms with van der Waals surface area (Å²) in [5.41, 5.74) is -3.13. The molecule has 0 radical (unpaired) electrons. The van der Waals surface area contributed by atoms with Gasteiger partial charge < -0.3 is 13.8 Å². The Morgan fingerprint density at radius 3 is 2.56 bits per heavy atom. The van der Waals surface area contributed by atoms with Crippen molar-refractivity contribution in [1.82, 2.24) is 4.90 Å². The quantitative estimate of drug-likeness (QED) is 0.670. The summed E-state index contributed by atoms with van der Waals surface area (Å²) >= 11 is -0.529. The Morgan fingerprint density at radius 2 is 1.96 bits per heavy atom. The number of benzene rings is 1. The van der Waals surface area contributed by atoms with Gasteiger partial charge in [-0.25, -0.2) is 4.79 Å². The summed E-state index contributed by atoms with van der Waals surface area (Å²) in [5.74, 6) is 0.114. The van der Waals surface area contributed by atoms with Crippen molar-refractivity contribution in [2.75, 3.05) is 13.1 Å². The number of hydrogen-bond donors (Lipinski definition) is 0. The Morgan fingerprint density at radius 1 is 1.28 bits per heavy atom. The number of alkyl halides is 3. The number of ether oxygens (including phenoxy) is 1. The van der Waals surface area contributed by atoms with Crippen molar-refractivity contribution in [2.45, 2.75) is 51.1 Å². The van der Waals surface area contributed by atoms with E-state index in [9.17, 15) is 18.0 Å². The maximum atomic E-state index is 12.3.